The number of carbonyl (C=O) groups excluding carboxylic acids is 1. The predicted molar refractivity (Wildman–Crippen MR) is 105 cm³/mol. The molecule has 0 heterocycles. The molecule has 2 N–H and O–H groups in total. The van der Waals surface area contributed by atoms with Crippen LogP contribution in [0.3, 0.4) is 0 Å². The van der Waals surface area contributed by atoms with Gasteiger partial charge in [-0.2, -0.15) is 0 Å². The predicted octanol–water partition coefficient (Wildman–Crippen LogP) is 3.41. The maximum absolute atomic E-state index is 13.2. The third-order valence-corrected chi connectivity index (χ3v) is 6.40. The second-order valence-electron chi connectivity index (χ2n) is 8.19. The number of nitrogens with one attached hydrogen (secondary N) is 1. The van der Waals surface area contributed by atoms with E-state index in [1.165, 1.54) is 11.1 Å². The first-order valence-corrected chi connectivity index (χ1v) is 9.65. The molecule has 28 heavy (non-hydrogen) atoms. The number of carbonyl (C=O) groups is 2. The van der Waals surface area contributed by atoms with Crippen LogP contribution in [0.25, 0.3) is 0 Å². The fraction of sp³-hybridized carbons (Fsp3) is 0.391. The largest absolute Gasteiger partial charge is 0.497 e. The molecule has 1 spiro atoms. The van der Waals surface area contributed by atoms with Gasteiger partial charge >= 0.3 is 5.97 Å². The summed E-state index contributed by atoms with van der Waals surface area (Å²) in [7, 11) is 1.57. The summed E-state index contributed by atoms with van der Waals surface area (Å²) in [5, 5.41) is 12.5. The number of amides is 1. The topological polar surface area (TPSA) is 75.6 Å². The van der Waals surface area contributed by atoms with Crippen LogP contribution in [0.15, 0.2) is 48.5 Å². The molecule has 5 heteroatoms. The smallest absolute Gasteiger partial charge is 0.306 e. The highest BCUT2D eigenvalue weighted by Gasteiger charge is 2.61. The molecule has 2 aromatic carbocycles. The van der Waals surface area contributed by atoms with E-state index in [1.807, 2.05) is 24.3 Å². The minimum Gasteiger partial charge on any atom is -0.497 e. The lowest BCUT2D eigenvalue weighted by molar-refractivity contribution is -0.139. The molecule has 0 saturated heterocycles. The minimum absolute atomic E-state index is 0.0664. The van der Waals surface area contributed by atoms with Gasteiger partial charge in [-0.1, -0.05) is 36.4 Å². The summed E-state index contributed by atoms with van der Waals surface area (Å²) in [6.45, 7) is 1.77. The summed E-state index contributed by atoms with van der Waals surface area (Å²) >= 11 is 0. The van der Waals surface area contributed by atoms with Crippen LogP contribution in [-0.4, -0.2) is 24.1 Å². The van der Waals surface area contributed by atoms with Gasteiger partial charge in [-0.3, -0.25) is 9.59 Å². The van der Waals surface area contributed by atoms with Crippen LogP contribution < -0.4 is 10.1 Å². The van der Waals surface area contributed by atoms with Crippen molar-refractivity contribution in [3.63, 3.8) is 0 Å². The molecule has 1 amide bonds. The van der Waals surface area contributed by atoms with Crippen molar-refractivity contribution in [2.24, 2.45) is 5.92 Å². The molecule has 0 aromatic heterocycles. The number of rotatable bonds is 6. The van der Waals surface area contributed by atoms with Gasteiger partial charge in [0, 0.05) is 11.3 Å². The van der Waals surface area contributed by atoms with Crippen molar-refractivity contribution in [1.82, 2.24) is 5.32 Å². The average molecular weight is 379 g/mol. The zero-order valence-corrected chi connectivity index (χ0v) is 16.2. The highest BCUT2D eigenvalue weighted by molar-refractivity contribution is 5.86. The zero-order valence-electron chi connectivity index (χ0n) is 16.2. The van der Waals surface area contributed by atoms with E-state index in [9.17, 15) is 14.7 Å². The van der Waals surface area contributed by atoms with Crippen molar-refractivity contribution in [1.29, 1.82) is 0 Å². The van der Waals surface area contributed by atoms with Crippen LogP contribution in [0.2, 0.25) is 0 Å². The lowest BCUT2D eigenvalue weighted by Crippen LogP contribution is -2.46. The van der Waals surface area contributed by atoms with Crippen molar-refractivity contribution in [3.05, 3.63) is 65.2 Å². The quantitative estimate of drug-likeness (QED) is 0.807. The van der Waals surface area contributed by atoms with Crippen LogP contribution in [0.5, 0.6) is 5.75 Å². The summed E-state index contributed by atoms with van der Waals surface area (Å²) in [5.74, 6) is -0.489. The second-order valence-corrected chi connectivity index (χ2v) is 8.19. The minimum atomic E-state index is -1.00. The summed E-state index contributed by atoms with van der Waals surface area (Å²) in [6, 6.07) is 15.6. The normalized spacial score (nSPS) is 24.3. The third-order valence-electron chi connectivity index (χ3n) is 6.40. The number of aryl methyl sites for hydroxylation is 1. The Hall–Kier alpha value is -2.82. The first-order chi connectivity index (χ1) is 13.4. The SMILES string of the molecule is COc1cccc(C(C)(CC(=O)O)NC(=O)C2CC23CCc2ccccc23)c1. The Morgan fingerprint density at radius 3 is 2.79 bits per heavy atom. The summed E-state index contributed by atoms with van der Waals surface area (Å²) < 4.78 is 5.27. The molecule has 0 radical (unpaired) electrons. The van der Waals surface area contributed by atoms with Gasteiger partial charge in [-0.05, 0) is 55.0 Å². The molecular formula is C23H25NO4. The van der Waals surface area contributed by atoms with Crippen LogP contribution >= 0.6 is 0 Å². The average Bonchev–Trinajstić information content (AvgIpc) is 3.30. The first-order valence-electron chi connectivity index (χ1n) is 9.65. The zero-order chi connectivity index (χ0) is 19.9. The molecule has 3 atom stereocenters. The Morgan fingerprint density at radius 1 is 1.25 bits per heavy atom. The number of fused-ring (bicyclic) bond motifs is 2. The Balaban J connectivity index is 1.58. The molecule has 146 valence electrons. The van der Waals surface area contributed by atoms with Crippen LogP contribution in [0, 0.1) is 5.92 Å². The van der Waals surface area contributed by atoms with E-state index in [1.54, 1.807) is 26.2 Å². The molecule has 2 aliphatic carbocycles. The summed E-state index contributed by atoms with van der Waals surface area (Å²) in [5.41, 5.74) is 2.28. The molecule has 2 aliphatic rings. The molecule has 3 unspecified atom stereocenters. The van der Waals surface area contributed by atoms with Crippen molar-refractivity contribution < 1.29 is 19.4 Å². The molecular weight excluding hydrogens is 354 g/mol. The highest BCUT2D eigenvalue weighted by Crippen LogP contribution is 2.61. The van der Waals surface area contributed by atoms with E-state index in [4.69, 9.17) is 4.74 Å². The number of methoxy groups -OCH3 is 1. The monoisotopic (exact) mass is 379 g/mol. The van der Waals surface area contributed by atoms with Crippen molar-refractivity contribution >= 4 is 11.9 Å². The van der Waals surface area contributed by atoms with Crippen molar-refractivity contribution in [3.8, 4) is 5.75 Å². The van der Waals surface area contributed by atoms with Gasteiger partial charge in [0.15, 0.2) is 0 Å². The Labute approximate surface area is 164 Å². The molecule has 4 rings (SSSR count). The number of ether oxygens (including phenoxy) is 1. The maximum atomic E-state index is 13.2. The maximum Gasteiger partial charge on any atom is 0.306 e. The third kappa shape index (κ3) is 3.05. The Kier molecular flexibility index (Phi) is 4.41. The number of hydrogen-bond donors (Lipinski definition) is 2. The van der Waals surface area contributed by atoms with Gasteiger partial charge < -0.3 is 15.2 Å². The van der Waals surface area contributed by atoms with Gasteiger partial charge in [0.25, 0.3) is 0 Å². The molecule has 1 fully saturated rings. The van der Waals surface area contributed by atoms with Gasteiger partial charge in [0.05, 0.1) is 19.1 Å². The standard InChI is InChI=1S/C23H25NO4/c1-22(14-20(25)26,16-7-5-8-17(12-16)28-2)24-21(27)19-13-23(19)11-10-15-6-3-4-9-18(15)23/h3-9,12,19H,10-11,13-14H2,1-2H3,(H,24,27)(H,25,26). The fourth-order valence-electron chi connectivity index (χ4n) is 4.79. The van der Waals surface area contributed by atoms with Gasteiger partial charge in [0.2, 0.25) is 5.91 Å². The number of benzene rings is 2. The molecule has 0 aliphatic heterocycles. The van der Waals surface area contributed by atoms with Crippen LogP contribution in [-0.2, 0) is 27.0 Å². The van der Waals surface area contributed by atoms with Gasteiger partial charge in [-0.25, -0.2) is 0 Å². The van der Waals surface area contributed by atoms with E-state index in [0.717, 1.165) is 24.8 Å². The summed E-state index contributed by atoms with van der Waals surface area (Å²) in [6.07, 6.45) is 2.63. The van der Waals surface area contributed by atoms with Crippen molar-refractivity contribution in [2.45, 2.75) is 43.6 Å². The molecule has 1 saturated carbocycles. The number of carboxylic acid groups (broad SMARTS) is 1. The number of carboxylic acids is 1. The van der Waals surface area contributed by atoms with Gasteiger partial charge in [0.1, 0.15) is 5.75 Å². The molecule has 0 bridgehead atoms. The Bertz CT molecular complexity index is 940. The van der Waals surface area contributed by atoms with Crippen molar-refractivity contribution in [2.75, 3.05) is 7.11 Å². The number of hydrogen-bond acceptors (Lipinski definition) is 3. The number of aliphatic carboxylic acids is 1. The Morgan fingerprint density at radius 2 is 2.04 bits per heavy atom. The first kappa shape index (κ1) is 18.5. The van der Waals surface area contributed by atoms with E-state index in [2.05, 4.69) is 17.4 Å². The van der Waals surface area contributed by atoms with E-state index < -0.39 is 11.5 Å². The molecule has 5 nitrogen and oxygen atoms in total. The van der Waals surface area contributed by atoms with Gasteiger partial charge in [-0.15, -0.1) is 0 Å². The highest BCUT2D eigenvalue weighted by atomic mass is 16.5. The molecule has 2 aromatic rings. The van der Waals surface area contributed by atoms with E-state index >= 15 is 0 Å². The van der Waals surface area contributed by atoms with E-state index in [-0.39, 0.29) is 23.7 Å². The fourth-order valence-corrected chi connectivity index (χ4v) is 4.79. The van der Waals surface area contributed by atoms with Crippen LogP contribution in [0.4, 0.5) is 0 Å². The lowest BCUT2D eigenvalue weighted by atomic mass is 9.87. The van der Waals surface area contributed by atoms with E-state index in [0.29, 0.717) is 5.75 Å². The second kappa shape index (κ2) is 6.66. The lowest BCUT2D eigenvalue weighted by Gasteiger charge is -2.31. The summed E-state index contributed by atoms with van der Waals surface area (Å²) in [4.78, 5) is 24.7. The van der Waals surface area contributed by atoms with Crippen LogP contribution in [0.1, 0.15) is 42.9 Å².